The lowest BCUT2D eigenvalue weighted by molar-refractivity contribution is 0.584. The van der Waals surface area contributed by atoms with E-state index in [1.165, 1.54) is 12.4 Å². The molecule has 0 saturated heterocycles. The van der Waals surface area contributed by atoms with Crippen molar-refractivity contribution in [2.45, 2.75) is 13.0 Å². The van der Waals surface area contributed by atoms with Crippen LogP contribution in [0.3, 0.4) is 0 Å². The highest BCUT2D eigenvalue weighted by atomic mass is 19.1. The number of hydrogen-bond donors (Lipinski definition) is 0. The second-order valence-electron chi connectivity index (χ2n) is 5.01. The van der Waals surface area contributed by atoms with Crippen molar-refractivity contribution in [2.75, 3.05) is 11.9 Å². The molecular weight excluding hydrogens is 269 g/mol. The summed E-state index contributed by atoms with van der Waals surface area (Å²) in [7, 11) is 3.73. The summed E-state index contributed by atoms with van der Waals surface area (Å²) >= 11 is 0. The summed E-state index contributed by atoms with van der Waals surface area (Å²) in [5.41, 5.74) is 1.39. The highest BCUT2D eigenvalue weighted by Gasteiger charge is 2.19. The number of aryl methyl sites for hydroxylation is 1. The van der Waals surface area contributed by atoms with Crippen molar-refractivity contribution in [3.63, 3.8) is 0 Å². The number of nitrogens with zero attached hydrogens (tertiary/aromatic N) is 5. The van der Waals surface area contributed by atoms with E-state index in [-0.39, 0.29) is 11.9 Å². The van der Waals surface area contributed by atoms with E-state index < -0.39 is 0 Å². The summed E-state index contributed by atoms with van der Waals surface area (Å²) in [4.78, 5) is 10.5. The molecule has 3 rings (SSSR count). The molecule has 2 aromatic heterocycles. The van der Waals surface area contributed by atoms with Crippen molar-refractivity contribution >= 4 is 16.9 Å². The number of anilines is 1. The molecule has 3 aromatic rings. The fraction of sp³-hybridized carbons (Fsp3) is 0.267. The van der Waals surface area contributed by atoms with Crippen molar-refractivity contribution in [1.29, 1.82) is 0 Å². The van der Waals surface area contributed by atoms with Crippen LogP contribution < -0.4 is 4.90 Å². The van der Waals surface area contributed by atoms with Gasteiger partial charge in [0.15, 0.2) is 5.65 Å². The van der Waals surface area contributed by atoms with E-state index in [1.807, 2.05) is 32.0 Å². The Morgan fingerprint density at radius 1 is 1.24 bits per heavy atom. The van der Waals surface area contributed by atoms with Crippen LogP contribution in [0.15, 0.2) is 36.8 Å². The number of benzene rings is 1. The third-order valence-electron chi connectivity index (χ3n) is 3.78. The number of rotatable bonds is 3. The number of aromatic nitrogens is 4. The van der Waals surface area contributed by atoms with Crippen molar-refractivity contribution in [1.82, 2.24) is 19.7 Å². The van der Waals surface area contributed by atoms with Gasteiger partial charge in [0.05, 0.1) is 17.6 Å². The average molecular weight is 285 g/mol. The van der Waals surface area contributed by atoms with Crippen molar-refractivity contribution in [2.24, 2.45) is 7.05 Å². The number of hydrogen-bond acceptors (Lipinski definition) is 4. The van der Waals surface area contributed by atoms with Crippen LogP contribution in [0.25, 0.3) is 11.0 Å². The molecule has 0 fully saturated rings. The molecule has 0 bridgehead atoms. The molecule has 6 heteroatoms. The molecule has 0 aliphatic carbocycles. The highest BCUT2D eigenvalue weighted by molar-refractivity contribution is 5.86. The molecule has 108 valence electrons. The lowest BCUT2D eigenvalue weighted by Crippen LogP contribution is -2.23. The van der Waals surface area contributed by atoms with Gasteiger partial charge in [0, 0.05) is 19.7 Å². The predicted molar refractivity (Wildman–Crippen MR) is 79.5 cm³/mol. The van der Waals surface area contributed by atoms with Gasteiger partial charge in [0.1, 0.15) is 18.0 Å². The second-order valence-corrected chi connectivity index (χ2v) is 5.01. The third kappa shape index (κ3) is 2.22. The first-order valence-electron chi connectivity index (χ1n) is 6.69. The minimum Gasteiger partial charge on any atom is -0.352 e. The molecule has 1 aromatic carbocycles. The normalized spacial score (nSPS) is 12.6. The van der Waals surface area contributed by atoms with Gasteiger partial charge in [-0.1, -0.05) is 18.2 Å². The maximum atomic E-state index is 14.0. The molecule has 2 heterocycles. The van der Waals surface area contributed by atoms with E-state index in [1.54, 1.807) is 23.0 Å². The standard InChI is InChI=1S/C15H16FN5/c1-10(11-6-4-5-7-13(11)16)20(2)14-12-8-19-21(3)15(12)18-9-17-14/h4-10H,1-3H3/t10-/m0/s1. The zero-order chi connectivity index (χ0) is 15.0. The van der Waals surface area contributed by atoms with Crippen LogP contribution in [0, 0.1) is 5.82 Å². The first kappa shape index (κ1) is 13.5. The Balaban J connectivity index is 2.04. The first-order chi connectivity index (χ1) is 10.1. The van der Waals surface area contributed by atoms with Crippen molar-refractivity contribution in [3.8, 4) is 0 Å². The summed E-state index contributed by atoms with van der Waals surface area (Å²) in [5.74, 6) is 0.525. The Morgan fingerprint density at radius 3 is 2.76 bits per heavy atom. The monoisotopic (exact) mass is 285 g/mol. The summed E-state index contributed by atoms with van der Waals surface area (Å²) < 4.78 is 15.7. The van der Waals surface area contributed by atoms with Crippen LogP contribution in [0.4, 0.5) is 10.2 Å². The Morgan fingerprint density at radius 2 is 2.00 bits per heavy atom. The molecule has 5 nitrogen and oxygen atoms in total. The molecule has 0 aliphatic heterocycles. The van der Waals surface area contributed by atoms with Crippen LogP contribution in [-0.2, 0) is 7.05 Å². The molecule has 0 aliphatic rings. The van der Waals surface area contributed by atoms with Gasteiger partial charge in [-0.2, -0.15) is 5.10 Å². The summed E-state index contributed by atoms with van der Waals surface area (Å²) in [5, 5.41) is 5.05. The number of fused-ring (bicyclic) bond motifs is 1. The maximum absolute atomic E-state index is 14.0. The van der Waals surface area contributed by atoms with Crippen molar-refractivity contribution < 1.29 is 4.39 Å². The molecule has 0 saturated carbocycles. The first-order valence-corrected chi connectivity index (χ1v) is 6.69. The largest absolute Gasteiger partial charge is 0.352 e. The summed E-state index contributed by atoms with van der Waals surface area (Å²) in [6, 6.07) is 6.64. The topological polar surface area (TPSA) is 46.8 Å². The van der Waals surface area contributed by atoms with Gasteiger partial charge in [0.25, 0.3) is 0 Å². The Kier molecular flexibility index (Phi) is 3.29. The van der Waals surface area contributed by atoms with E-state index in [0.717, 1.165) is 16.9 Å². The lowest BCUT2D eigenvalue weighted by Gasteiger charge is -2.26. The van der Waals surface area contributed by atoms with Gasteiger partial charge in [-0.3, -0.25) is 4.68 Å². The SMILES string of the molecule is C[C@@H](c1ccccc1F)N(C)c1ncnc2c1cnn2C. The molecule has 21 heavy (non-hydrogen) atoms. The van der Waals surface area contributed by atoms with Gasteiger partial charge in [0.2, 0.25) is 0 Å². The van der Waals surface area contributed by atoms with E-state index >= 15 is 0 Å². The maximum Gasteiger partial charge on any atom is 0.163 e. The van der Waals surface area contributed by atoms with Gasteiger partial charge in [-0.15, -0.1) is 0 Å². The van der Waals surface area contributed by atoms with Crippen molar-refractivity contribution in [3.05, 3.63) is 48.2 Å². The van der Waals surface area contributed by atoms with Crippen LogP contribution in [-0.4, -0.2) is 26.8 Å². The van der Waals surface area contributed by atoms with E-state index in [2.05, 4.69) is 15.1 Å². The van der Waals surface area contributed by atoms with Crippen LogP contribution in [0.2, 0.25) is 0 Å². The minimum atomic E-state index is -0.215. The predicted octanol–water partition coefficient (Wildman–Crippen LogP) is 2.70. The minimum absolute atomic E-state index is 0.149. The molecule has 0 N–H and O–H groups in total. The van der Waals surface area contributed by atoms with Crippen LogP contribution in [0.1, 0.15) is 18.5 Å². The van der Waals surface area contributed by atoms with Gasteiger partial charge in [-0.05, 0) is 13.0 Å². The quantitative estimate of drug-likeness (QED) is 0.742. The zero-order valence-corrected chi connectivity index (χ0v) is 12.2. The highest BCUT2D eigenvalue weighted by Crippen LogP contribution is 2.29. The summed E-state index contributed by atoms with van der Waals surface area (Å²) in [6.07, 6.45) is 3.24. The van der Waals surface area contributed by atoms with Gasteiger partial charge in [-0.25, -0.2) is 14.4 Å². The van der Waals surface area contributed by atoms with E-state index in [9.17, 15) is 4.39 Å². The van der Waals surface area contributed by atoms with Gasteiger partial charge >= 0.3 is 0 Å². The van der Waals surface area contributed by atoms with E-state index in [0.29, 0.717) is 5.56 Å². The number of halogens is 1. The fourth-order valence-electron chi connectivity index (χ4n) is 2.44. The third-order valence-corrected chi connectivity index (χ3v) is 3.78. The fourth-order valence-corrected chi connectivity index (χ4v) is 2.44. The van der Waals surface area contributed by atoms with E-state index in [4.69, 9.17) is 0 Å². The Labute approximate surface area is 122 Å². The Hall–Kier alpha value is -2.50. The molecule has 0 radical (unpaired) electrons. The molecule has 0 spiro atoms. The van der Waals surface area contributed by atoms with Crippen LogP contribution >= 0.6 is 0 Å². The summed E-state index contributed by atoms with van der Waals surface area (Å²) in [6.45, 7) is 1.95. The van der Waals surface area contributed by atoms with Crippen LogP contribution in [0.5, 0.6) is 0 Å². The smallest absolute Gasteiger partial charge is 0.163 e. The Bertz CT molecular complexity index is 783. The molecular formula is C15H16FN5. The second kappa shape index (κ2) is 5.12. The lowest BCUT2D eigenvalue weighted by atomic mass is 10.1. The molecule has 0 amide bonds. The van der Waals surface area contributed by atoms with Gasteiger partial charge < -0.3 is 4.90 Å². The molecule has 1 atom stereocenters. The zero-order valence-electron chi connectivity index (χ0n) is 12.2. The average Bonchev–Trinajstić information content (AvgIpc) is 2.88. The molecule has 0 unspecified atom stereocenters.